The van der Waals surface area contributed by atoms with Gasteiger partial charge in [-0.1, -0.05) is 18.2 Å². The maximum Gasteiger partial charge on any atom is 0.246 e. The van der Waals surface area contributed by atoms with Crippen molar-refractivity contribution in [2.24, 2.45) is 5.92 Å². The van der Waals surface area contributed by atoms with Crippen molar-refractivity contribution in [3.63, 3.8) is 0 Å². The van der Waals surface area contributed by atoms with E-state index in [2.05, 4.69) is 10.2 Å². The van der Waals surface area contributed by atoms with Crippen molar-refractivity contribution in [2.45, 2.75) is 24.7 Å². The lowest BCUT2D eigenvalue weighted by Crippen LogP contribution is -2.41. The Hall–Kier alpha value is -1.86. The Morgan fingerprint density at radius 2 is 2.13 bits per heavy atom. The molecule has 1 atom stereocenters. The molecule has 0 amide bonds. The van der Waals surface area contributed by atoms with Gasteiger partial charge in [-0.15, -0.1) is 0 Å². The molecule has 0 radical (unpaired) electrons. The Kier molecular flexibility index (Phi) is 4.68. The van der Waals surface area contributed by atoms with E-state index in [1.165, 1.54) is 6.20 Å². The summed E-state index contributed by atoms with van der Waals surface area (Å²) in [6.07, 6.45) is 3.21. The number of sulfonamides is 1. The van der Waals surface area contributed by atoms with Gasteiger partial charge in [0, 0.05) is 19.0 Å². The van der Waals surface area contributed by atoms with Crippen LogP contribution in [0.25, 0.3) is 0 Å². The summed E-state index contributed by atoms with van der Waals surface area (Å²) in [6.45, 7) is 3.29. The number of hydrogen-bond donors (Lipinski definition) is 1. The van der Waals surface area contributed by atoms with Crippen molar-refractivity contribution in [1.29, 1.82) is 0 Å². The number of aromatic amines is 1. The third kappa shape index (κ3) is 3.56. The molecule has 0 spiro atoms. The molecule has 0 unspecified atom stereocenters. The summed E-state index contributed by atoms with van der Waals surface area (Å²) in [6, 6.07) is 9.61. The lowest BCUT2D eigenvalue weighted by molar-refractivity contribution is 0.180. The van der Waals surface area contributed by atoms with Crippen LogP contribution in [0.3, 0.4) is 0 Å². The Bertz CT molecular complexity index is 743. The highest BCUT2D eigenvalue weighted by atomic mass is 32.2. The van der Waals surface area contributed by atoms with Gasteiger partial charge in [0.1, 0.15) is 10.6 Å². The molecule has 124 valence electrons. The molecule has 1 aliphatic heterocycles. The molecule has 2 aromatic rings. The molecule has 1 aromatic heterocycles. The Balaban J connectivity index is 1.65. The van der Waals surface area contributed by atoms with Gasteiger partial charge in [0.05, 0.1) is 18.5 Å². The van der Waals surface area contributed by atoms with Gasteiger partial charge < -0.3 is 4.74 Å². The lowest BCUT2D eigenvalue weighted by Gasteiger charge is -2.31. The predicted molar refractivity (Wildman–Crippen MR) is 86.7 cm³/mol. The Labute approximate surface area is 136 Å². The first kappa shape index (κ1) is 16.0. The normalized spacial score (nSPS) is 19.6. The second kappa shape index (κ2) is 6.72. The van der Waals surface area contributed by atoms with Crippen LogP contribution in [0.4, 0.5) is 0 Å². The number of benzene rings is 1. The molecular weight excluding hydrogens is 314 g/mol. The van der Waals surface area contributed by atoms with Gasteiger partial charge in [-0.05, 0) is 31.9 Å². The molecule has 7 heteroatoms. The monoisotopic (exact) mass is 335 g/mol. The molecule has 0 saturated carbocycles. The third-order valence-corrected chi connectivity index (χ3v) is 6.09. The number of nitrogens with zero attached hydrogens (tertiary/aromatic N) is 2. The van der Waals surface area contributed by atoms with E-state index in [0.717, 1.165) is 18.6 Å². The second-order valence-electron chi connectivity index (χ2n) is 5.85. The van der Waals surface area contributed by atoms with Gasteiger partial charge in [-0.3, -0.25) is 5.10 Å². The highest BCUT2D eigenvalue weighted by molar-refractivity contribution is 7.89. The largest absolute Gasteiger partial charge is 0.493 e. The van der Waals surface area contributed by atoms with Gasteiger partial charge >= 0.3 is 0 Å². The second-order valence-corrected chi connectivity index (χ2v) is 7.76. The number of rotatable bonds is 5. The number of ether oxygens (including phenoxy) is 1. The van der Waals surface area contributed by atoms with Crippen molar-refractivity contribution in [2.75, 3.05) is 19.7 Å². The number of aryl methyl sites for hydroxylation is 1. The van der Waals surface area contributed by atoms with Crippen LogP contribution >= 0.6 is 0 Å². The molecule has 6 nitrogen and oxygen atoms in total. The molecule has 1 fully saturated rings. The van der Waals surface area contributed by atoms with E-state index in [1.807, 2.05) is 30.3 Å². The van der Waals surface area contributed by atoms with E-state index in [1.54, 1.807) is 11.2 Å². The SMILES string of the molecule is Cc1[nH]ncc1S(=O)(=O)N1CCC[C@H](COc2ccccc2)C1. The van der Waals surface area contributed by atoms with Crippen molar-refractivity contribution in [1.82, 2.24) is 14.5 Å². The summed E-state index contributed by atoms with van der Waals surface area (Å²) in [7, 11) is -3.48. The number of nitrogens with one attached hydrogen (secondary N) is 1. The van der Waals surface area contributed by atoms with Crippen molar-refractivity contribution >= 4 is 10.0 Å². The van der Waals surface area contributed by atoms with Gasteiger partial charge in [-0.2, -0.15) is 9.40 Å². The summed E-state index contributed by atoms with van der Waals surface area (Å²) in [5, 5.41) is 6.51. The molecule has 3 rings (SSSR count). The standard InChI is InChI=1S/C16H21N3O3S/c1-13-16(10-17-18-13)23(20,21)19-9-5-6-14(11-19)12-22-15-7-3-2-4-8-15/h2-4,7-8,10,14H,5-6,9,11-12H2,1H3,(H,17,18)/t14-/m0/s1. The minimum Gasteiger partial charge on any atom is -0.493 e. The summed E-state index contributed by atoms with van der Waals surface area (Å²) in [5.41, 5.74) is 0.577. The molecule has 1 N–H and O–H groups in total. The summed E-state index contributed by atoms with van der Waals surface area (Å²) in [5.74, 6) is 1.02. The first-order valence-corrected chi connectivity index (χ1v) is 9.19. The van der Waals surface area contributed by atoms with E-state index in [-0.39, 0.29) is 10.8 Å². The maximum atomic E-state index is 12.7. The number of aromatic nitrogens is 2. The third-order valence-electron chi connectivity index (χ3n) is 4.11. The summed E-state index contributed by atoms with van der Waals surface area (Å²) < 4.78 is 32.8. The Morgan fingerprint density at radius 3 is 2.83 bits per heavy atom. The number of para-hydroxylation sites is 1. The zero-order valence-corrected chi connectivity index (χ0v) is 13.9. The van der Waals surface area contributed by atoms with E-state index < -0.39 is 10.0 Å². The average Bonchev–Trinajstić information content (AvgIpc) is 3.01. The van der Waals surface area contributed by atoms with Crippen LogP contribution in [-0.2, 0) is 10.0 Å². The maximum absolute atomic E-state index is 12.7. The molecule has 23 heavy (non-hydrogen) atoms. The molecule has 0 bridgehead atoms. The molecule has 1 aliphatic rings. The van der Waals surface area contributed by atoms with E-state index in [9.17, 15) is 8.42 Å². The van der Waals surface area contributed by atoms with Crippen LogP contribution < -0.4 is 4.74 Å². The minimum absolute atomic E-state index is 0.200. The first-order valence-electron chi connectivity index (χ1n) is 7.75. The highest BCUT2D eigenvalue weighted by Crippen LogP contribution is 2.25. The smallest absolute Gasteiger partial charge is 0.246 e. The van der Waals surface area contributed by atoms with Crippen molar-refractivity contribution in [3.8, 4) is 5.75 Å². The number of H-pyrrole nitrogens is 1. The van der Waals surface area contributed by atoms with Crippen LogP contribution in [0.1, 0.15) is 18.5 Å². The lowest BCUT2D eigenvalue weighted by atomic mass is 10.0. The molecular formula is C16H21N3O3S. The van der Waals surface area contributed by atoms with Crippen LogP contribution in [0, 0.1) is 12.8 Å². The molecule has 2 heterocycles. The average molecular weight is 335 g/mol. The van der Waals surface area contributed by atoms with Crippen molar-refractivity contribution < 1.29 is 13.2 Å². The minimum atomic E-state index is -3.48. The van der Waals surface area contributed by atoms with Gasteiger partial charge in [0.15, 0.2) is 0 Å². The van der Waals surface area contributed by atoms with Gasteiger partial charge in [0.2, 0.25) is 10.0 Å². The first-order chi connectivity index (χ1) is 11.1. The number of hydrogen-bond acceptors (Lipinski definition) is 4. The summed E-state index contributed by atoms with van der Waals surface area (Å²) >= 11 is 0. The van der Waals surface area contributed by atoms with Gasteiger partial charge in [-0.25, -0.2) is 8.42 Å². The Morgan fingerprint density at radius 1 is 1.35 bits per heavy atom. The topological polar surface area (TPSA) is 75.3 Å². The zero-order valence-electron chi connectivity index (χ0n) is 13.1. The molecule has 0 aliphatic carbocycles. The van der Waals surface area contributed by atoms with Crippen LogP contribution in [-0.4, -0.2) is 42.6 Å². The summed E-state index contributed by atoms with van der Waals surface area (Å²) in [4.78, 5) is 0.266. The fraction of sp³-hybridized carbons (Fsp3) is 0.438. The van der Waals surface area contributed by atoms with Crippen molar-refractivity contribution in [3.05, 3.63) is 42.2 Å². The van der Waals surface area contributed by atoms with E-state index in [0.29, 0.717) is 25.4 Å². The van der Waals surface area contributed by atoms with Crippen LogP contribution in [0.15, 0.2) is 41.4 Å². The van der Waals surface area contributed by atoms with E-state index in [4.69, 9.17) is 4.74 Å². The van der Waals surface area contributed by atoms with Crippen LogP contribution in [0.5, 0.6) is 5.75 Å². The predicted octanol–water partition coefficient (Wildman–Crippen LogP) is 2.20. The van der Waals surface area contributed by atoms with Crippen LogP contribution in [0.2, 0.25) is 0 Å². The molecule has 1 saturated heterocycles. The quantitative estimate of drug-likeness (QED) is 0.909. The molecule has 1 aromatic carbocycles. The fourth-order valence-electron chi connectivity index (χ4n) is 2.85. The number of piperidine rings is 1. The van der Waals surface area contributed by atoms with Gasteiger partial charge in [0.25, 0.3) is 0 Å². The zero-order chi connectivity index (χ0) is 16.3. The highest BCUT2D eigenvalue weighted by Gasteiger charge is 2.32. The fourth-order valence-corrected chi connectivity index (χ4v) is 4.52. The van der Waals surface area contributed by atoms with E-state index >= 15 is 0 Å².